The lowest BCUT2D eigenvalue weighted by Gasteiger charge is -2.04. The van der Waals surface area contributed by atoms with Gasteiger partial charge in [-0.1, -0.05) is 0 Å². The Kier molecular flexibility index (Phi) is 4.34. The van der Waals surface area contributed by atoms with Crippen LogP contribution in [0.1, 0.15) is 17.5 Å². The molecular weight excluding hydrogens is 191 g/mol. The van der Waals surface area contributed by atoms with Crippen molar-refractivity contribution in [3.8, 4) is 18.4 Å². The zero-order valence-corrected chi connectivity index (χ0v) is 8.26. The van der Waals surface area contributed by atoms with Crippen molar-refractivity contribution in [1.82, 2.24) is 5.32 Å². The van der Waals surface area contributed by atoms with Crippen LogP contribution in [0.4, 0.5) is 4.39 Å². The molecule has 0 radical (unpaired) electrons. The standard InChI is InChI=1S/C12H11FN2/c1-2-3-6-15-9-11-7-12(13)5-4-10(11)8-14/h1,4-5,7,15H,3,6,9H2. The Morgan fingerprint density at radius 1 is 1.47 bits per heavy atom. The number of benzene rings is 1. The molecule has 0 aliphatic rings. The predicted molar refractivity (Wildman–Crippen MR) is 56.3 cm³/mol. The van der Waals surface area contributed by atoms with Gasteiger partial charge >= 0.3 is 0 Å². The van der Waals surface area contributed by atoms with Crippen molar-refractivity contribution in [2.24, 2.45) is 0 Å². The van der Waals surface area contributed by atoms with E-state index in [4.69, 9.17) is 11.7 Å². The normalized spacial score (nSPS) is 9.27. The van der Waals surface area contributed by atoms with E-state index in [2.05, 4.69) is 11.2 Å². The molecular formula is C12H11FN2. The van der Waals surface area contributed by atoms with Crippen molar-refractivity contribution in [3.05, 3.63) is 35.1 Å². The van der Waals surface area contributed by atoms with E-state index in [0.29, 0.717) is 30.6 Å². The molecule has 15 heavy (non-hydrogen) atoms. The fourth-order valence-corrected chi connectivity index (χ4v) is 1.20. The SMILES string of the molecule is C#CCCNCc1cc(F)ccc1C#N. The molecule has 0 bridgehead atoms. The van der Waals surface area contributed by atoms with Gasteiger partial charge in [-0.05, 0) is 23.8 Å². The molecule has 0 aromatic heterocycles. The highest BCUT2D eigenvalue weighted by molar-refractivity contribution is 5.37. The molecule has 0 atom stereocenters. The molecule has 0 fully saturated rings. The average molecular weight is 202 g/mol. The third kappa shape index (κ3) is 3.42. The van der Waals surface area contributed by atoms with Gasteiger partial charge in [-0.15, -0.1) is 12.3 Å². The molecule has 0 unspecified atom stereocenters. The van der Waals surface area contributed by atoms with Gasteiger partial charge in [0, 0.05) is 19.5 Å². The highest BCUT2D eigenvalue weighted by Gasteiger charge is 2.02. The van der Waals surface area contributed by atoms with Crippen LogP contribution in [0.3, 0.4) is 0 Å². The number of nitrogens with zero attached hydrogens (tertiary/aromatic N) is 1. The van der Waals surface area contributed by atoms with E-state index in [-0.39, 0.29) is 5.82 Å². The van der Waals surface area contributed by atoms with Crippen molar-refractivity contribution in [2.45, 2.75) is 13.0 Å². The molecule has 1 aromatic rings. The Hall–Kier alpha value is -1.84. The summed E-state index contributed by atoms with van der Waals surface area (Å²) in [6, 6.07) is 6.14. The lowest BCUT2D eigenvalue weighted by atomic mass is 10.1. The molecule has 3 heteroatoms. The first-order chi connectivity index (χ1) is 7.27. The summed E-state index contributed by atoms with van der Waals surface area (Å²) in [5.41, 5.74) is 1.15. The monoisotopic (exact) mass is 202 g/mol. The van der Waals surface area contributed by atoms with Gasteiger partial charge < -0.3 is 5.32 Å². The van der Waals surface area contributed by atoms with Crippen LogP contribution in [-0.4, -0.2) is 6.54 Å². The summed E-state index contributed by atoms with van der Waals surface area (Å²) in [7, 11) is 0. The second-order valence-electron chi connectivity index (χ2n) is 3.04. The largest absolute Gasteiger partial charge is 0.312 e. The van der Waals surface area contributed by atoms with Crippen molar-refractivity contribution in [1.29, 1.82) is 5.26 Å². The van der Waals surface area contributed by atoms with E-state index in [9.17, 15) is 4.39 Å². The first-order valence-corrected chi connectivity index (χ1v) is 4.60. The zero-order chi connectivity index (χ0) is 11.1. The Morgan fingerprint density at radius 2 is 2.27 bits per heavy atom. The van der Waals surface area contributed by atoms with Crippen LogP contribution >= 0.6 is 0 Å². The van der Waals surface area contributed by atoms with Gasteiger partial charge in [0.1, 0.15) is 5.82 Å². The highest BCUT2D eigenvalue weighted by atomic mass is 19.1. The summed E-state index contributed by atoms with van der Waals surface area (Å²) >= 11 is 0. The van der Waals surface area contributed by atoms with Crippen molar-refractivity contribution in [3.63, 3.8) is 0 Å². The number of rotatable bonds is 4. The van der Waals surface area contributed by atoms with E-state index >= 15 is 0 Å². The molecule has 0 amide bonds. The molecule has 76 valence electrons. The summed E-state index contributed by atoms with van der Waals surface area (Å²) in [6.45, 7) is 1.13. The van der Waals surface area contributed by atoms with Crippen LogP contribution in [0.5, 0.6) is 0 Å². The van der Waals surface area contributed by atoms with E-state index in [1.165, 1.54) is 18.2 Å². The summed E-state index contributed by atoms with van der Waals surface area (Å²) in [5.74, 6) is 2.16. The van der Waals surface area contributed by atoms with E-state index in [1.807, 2.05) is 6.07 Å². The van der Waals surface area contributed by atoms with Gasteiger partial charge in [0.15, 0.2) is 0 Å². The molecule has 0 heterocycles. The number of nitrogens with one attached hydrogen (secondary N) is 1. The van der Waals surface area contributed by atoms with Gasteiger partial charge in [-0.25, -0.2) is 4.39 Å². The third-order valence-electron chi connectivity index (χ3n) is 1.95. The minimum absolute atomic E-state index is 0.331. The van der Waals surface area contributed by atoms with E-state index in [1.54, 1.807) is 0 Å². The second kappa shape index (κ2) is 5.80. The Labute approximate surface area is 88.7 Å². The van der Waals surface area contributed by atoms with Gasteiger partial charge in [-0.2, -0.15) is 5.26 Å². The first kappa shape index (κ1) is 11.2. The van der Waals surface area contributed by atoms with Crippen molar-refractivity contribution < 1.29 is 4.39 Å². The Bertz CT molecular complexity index is 413. The molecule has 1 aromatic carbocycles. The van der Waals surface area contributed by atoms with Gasteiger partial charge in [0.05, 0.1) is 11.6 Å². The van der Waals surface area contributed by atoms with E-state index < -0.39 is 0 Å². The number of hydrogen-bond donors (Lipinski definition) is 1. The number of nitriles is 1. The topological polar surface area (TPSA) is 35.8 Å². The van der Waals surface area contributed by atoms with Gasteiger partial charge in [0.25, 0.3) is 0 Å². The summed E-state index contributed by atoms with van der Waals surface area (Å²) in [4.78, 5) is 0. The third-order valence-corrected chi connectivity index (χ3v) is 1.95. The minimum atomic E-state index is -0.331. The molecule has 2 nitrogen and oxygen atoms in total. The summed E-state index contributed by atoms with van der Waals surface area (Å²) in [5, 5.41) is 11.8. The first-order valence-electron chi connectivity index (χ1n) is 4.60. The molecule has 0 spiro atoms. The quantitative estimate of drug-likeness (QED) is 0.597. The maximum absolute atomic E-state index is 12.9. The lowest BCUT2D eigenvalue weighted by molar-refractivity contribution is 0.620. The molecule has 0 aliphatic heterocycles. The van der Waals surface area contributed by atoms with Crippen LogP contribution in [0.25, 0.3) is 0 Å². The molecule has 0 aliphatic carbocycles. The highest BCUT2D eigenvalue weighted by Crippen LogP contribution is 2.09. The van der Waals surface area contributed by atoms with Crippen molar-refractivity contribution >= 4 is 0 Å². The van der Waals surface area contributed by atoms with Crippen LogP contribution in [0, 0.1) is 29.5 Å². The minimum Gasteiger partial charge on any atom is -0.312 e. The fourth-order valence-electron chi connectivity index (χ4n) is 1.20. The maximum Gasteiger partial charge on any atom is 0.123 e. The summed E-state index contributed by atoms with van der Waals surface area (Å²) < 4.78 is 12.9. The van der Waals surface area contributed by atoms with Crippen LogP contribution < -0.4 is 5.32 Å². The zero-order valence-electron chi connectivity index (χ0n) is 8.26. The molecule has 1 N–H and O–H groups in total. The number of terminal acetylenes is 1. The average Bonchev–Trinajstić information content (AvgIpc) is 2.25. The Balaban J connectivity index is 2.64. The van der Waals surface area contributed by atoms with Crippen molar-refractivity contribution in [2.75, 3.05) is 6.54 Å². The van der Waals surface area contributed by atoms with Crippen LogP contribution in [0.2, 0.25) is 0 Å². The number of halogens is 1. The second-order valence-corrected chi connectivity index (χ2v) is 3.04. The lowest BCUT2D eigenvalue weighted by Crippen LogP contribution is -2.15. The maximum atomic E-state index is 12.9. The Morgan fingerprint density at radius 3 is 2.93 bits per heavy atom. The fraction of sp³-hybridized carbons (Fsp3) is 0.250. The van der Waals surface area contributed by atoms with Crippen LogP contribution in [-0.2, 0) is 6.54 Å². The molecule has 0 saturated carbocycles. The molecule has 0 saturated heterocycles. The molecule has 1 rings (SSSR count). The van der Waals surface area contributed by atoms with Gasteiger partial charge in [0.2, 0.25) is 0 Å². The predicted octanol–water partition coefficient (Wildman–Crippen LogP) is 1.81. The van der Waals surface area contributed by atoms with E-state index in [0.717, 1.165) is 0 Å². The number of hydrogen-bond acceptors (Lipinski definition) is 2. The van der Waals surface area contributed by atoms with Crippen LogP contribution in [0.15, 0.2) is 18.2 Å². The smallest absolute Gasteiger partial charge is 0.123 e. The van der Waals surface area contributed by atoms with Gasteiger partial charge in [-0.3, -0.25) is 0 Å². The summed E-state index contributed by atoms with van der Waals surface area (Å²) in [6.07, 6.45) is 5.71.